The Kier molecular flexibility index (Phi) is 5.07. The van der Waals surface area contributed by atoms with Gasteiger partial charge < -0.3 is 10.1 Å². The smallest absolute Gasteiger partial charge is 0.427 e. The van der Waals surface area contributed by atoms with Gasteiger partial charge in [0, 0.05) is 16.5 Å². The summed E-state index contributed by atoms with van der Waals surface area (Å²) in [6, 6.07) is 10.2. The summed E-state index contributed by atoms with van der Waals surface area (Å²) in [7, 11) is 1.53. The van der Waals surface area contributed by atoms with Crippen molar-refractivity contribution in [1.29, 1.82) is 0 Å². The molecule has 1 fully saturated rings. The number of amides is 2. The fraction of sp³-hybridized carbons (Fsp3) is 0.318. The lowest BCUT2D eigenvalue weighted by Crippen LogP contribution is -2.62. The lowest BCUT2D eigenvalue weighted by molar-refractivity contribution is -0.179. The summed E-state index contributed by atoms with van der Waals surface area (Å²) in [5, 5.41) is 2.27. The van der Waals surface area contributed by atoms with Crippen LogP contribution in [0.25, 0.3) is 0 Å². The Hall–Kier alpha value is -2.85. The minimum Gasteiger partial charge on any atom is -0.497 e. The lowest BCUT2D eigenvalue weighted by atomic mass is 9.85. The summed E-state index contributed by atoms with van der Waals surface area (Å²) < 4.78 is 48.0. The highest BCUT2D eigenvalue weighted by molar-refractivity contribution is 6.30. The number of nitrogens with one attached hydrogen (secondary N) is 1. The largest absolute Gasteiger partial charge is 0.497 e. The molecule has 1 heterocycles. The molecule has 1 aliphatic heterocycles. The standard InChI is InChI=1S/C22H18ClF3N2O2/c1-30-17-7-4-15(5-8-17)13-28-19-9-6-16(23)12-18(19)21(22(24,25)26,27-20(28)29)11-10-14-2-3-14/h4-9,12,14H,2-3,13H2,1H3,(H,27,29)/t21-/m0/s1. The number of benzene rings is 2. The SMILES string of the molecule is COc1ccc(CN2C(=O)N[C@](C#CC3CC3)(C(F)(F)F)c3cc(Cl)ccc32)cc1. The predicted molar refractivity (Wildman–Crippen MR) is 107 cm³/mol. The molecule has 0 spiro atoms. The lowest BCUT2D eigenvalue weighted by Gasteiger charge is -2.41. The Labute approximate surface area is 177 Å². The second-order valence-corrected chi connectivity index (χ2v) is 7.75. The van der Waals surface area contributed by atoms with Crippen molar-refractivity contribution in [2.24, 2.45) is 5.92 Å². The first-order valence-corrected chi connectivity index (χ1v) is 9.73. The fourth-order valence-electron chi connectivity index (χ4n) is 3.35. The van der Waals surface area contributed by atoms with Gasteiger partial charge in [-0.05, 0) is 48.7 Å². The number of anilines is 1. The molecule has 8 heteroatoms. The topological polar surface area (TPSA) is 41.6 Å². The molecule has 2 amide bonds. The maximum absolute atomic E-state index is 14.3. The molecule has 156 valence electrons. The van der Waals surface area contributed by atoms with Gasteiger partial charge in [0.1, 0.15) is 5.75 Å². The molecule has 0 aromatic heterocycles. The number of urea groups is 1. The van der Waals surface area contributed by atoms with Gasteiger partial charge in [-0.1, -0.05) is 35.6 Å². The van der Waals surface area contributed by atoms with Gasteiger partial charge in [-0.25, -0.2) is 4.79 Å². The summed E-state index contributed by atoms with van der Waals surface area (Å²) in [5.41, 5.74) is -2.12. The Bertz CT molecular complexity index is 1040. The molecule has 2 aromatic rings. The normalized spacial score (nSPS) is 20.7. The van der Waals surface area contributed by atoms with Crippen molar-refractivity contribution < 1.29 is 22.7 Å². The van der Waals surface area contributed by atoms with Crippen LogP contribution in [0.15, 0.2) is 42.5 Å². The third kappa shape index (κ3) is 3.68. The molecule has 0 radical (unpaired) electrons. The Morgan fingerprint density at radius 2 is 1.93 bits per heavy atom. The van der Waals surface area contributed by atoms with E-state index in [1.54, 1.807) is 24.3 Å². The number of hydrogen-bond acceptors (Lipinski definition) is 2. The third-order valence-electron chi connectivity index (χ3n) is 5.16. The van der Waals surface area contributed by atoms with Crippen LogP contribution in [0.4, 0.5) is 23.7 Å². The van der Waals surface area contributed by atoms with Crippen LogP contribution in [0.3, 0.4) is 0 Å². The Morgan fingerprint density at radius 1 is 1.23 bits per heavy atom. The minimum absolute atomic E-state index is 0.0684. The highest BCUT2D eigenvalue weighted by atomic mass is 35.5. The monoisotopic (exact) mass is 434 g/mol. The second-order valence-electron chi connectivity index (χ2n) is 7.32. The number of ether oxygens (including phenoxy) is 1. The van der Waals surface area contributed by atoms with Crippen molar-refractivity contribution in [1.82, 2.24) is 5.32 Å². The molecule has 4 nitrogen and oxygen atoms in total. The summed E-state index contributed by atoms with van der Waals surface area (Å²) >= 11 is 6.05. The molecule has 1 aliphatic carbocycles. The number of rotatable bonds is 3. The van der Waals surface area contributed by atoms with Gasteiger partial charge in [0.2, 0.25) is 5.54 Å². The van der Waals surface area contributed by atoms with Gasteiger partial charge >= 0.3 is 12.2 Å². The van der Waals surface area contributed by atoms with E-state index in [1.165, 1.54) is 30.2 Å². The van der Waals surface area contributed by atoms with Crippen molar-refractivity contribution in [2.45, 2.75) is 31.1 Å². The van der Waals surface area contributed by atoms with Crippen molar-refractivity contribution >= 4 is 23.3 Å². The van der Waals surface area contributed by atoms with E-state index in [1.807, 2.05) is 0 Å². The molecular formula is C22H18ClF3N2O2. The Morgan fingerprint density at radius 3 is 2.53 bits per heavy atom. The molecule has 0 bridgehead atoms. The van der Waals surface area contributed by atoms with Crippen LogP contribution < -0.4 is 15.0 Å². The number of carbonyl (C=O) groups is 1. The van der Waals surface area contributed by atoms with Gasteiger partial charge in [-0.15, -0.1) is 0 Å². The van der Waals surface area contributed by atoms with Gasteiger partial charge in [-0.3, -0.25) is 4.90 Å². The maximum atomic E-state index is 14.3. The quantitative estimate of drug-likeness (QED) is 0.670. The molecule has 1 atom stereocenters. The molecule has 2 aliphatic rings. The van der Waals surface area contributed by atoms with Crippen LogP contribution in [0.5, 0.6) is 5.75 Å². The van der Waals surface area contributed by atoms with E-state index >= 15 is 0 Å². The maximum Gasteiger partial charge on any atom is 0.427 e. The molecule has 1 saturated carbocycles. The fourth-order valence-corrected chi connectivity index (χ4v) is 3.52. The summed E-state index contributed by atoms with van der Waals surface area (Å²) in [5.74, 6) is 5.58. The van der Waals surface area contributed by atoms with Crippen molar-refractivity contribution in [2.75, 3.05) is 12.0 Å². The highest BCUT2D eigenvalue weighted by Gasteiger charge is 2.60. The van der Waals surface area contributed by atoms with Crippen LogP contribution in [0, 0.1) is 17.8 Å². The van der Waals surface area contributed by atoms with E-state index in [0.29, 0.717) is 5.75 Å². The highest BCUT2D eigenvalue weighted by Crippen LogP contribution is 2.47. The van der Waals surface area contributed by atoms with E-state index < -0.39 is 17.7 Å². The number of nitrogens with zero attached hydrogens (tertiary/aromatic N) is 1. The average Bonchev–Trinajstić information content (AvgIpc) is 3.53. The molecule has 2 aromatic carbocycles. The summed E-state index contributed by atoms with van der Waals surface area (Å²) in [4.78, 5) is 14.1. The van der Waals surface area contributed by atoms with E-state index in [4.69, 9.17) is 16.3 Å². The van der Waals surface area contributed by atoms with E-state index in [0.717, 1.165) is 18.4 Å². The van der Waals surface area contributed by atoms with Gasteiger partial charge in [-0.2, -0.15) is 13.2 Å². The van der Waals surface area contributed by atoms with Crippen LogP contribution in [0.2, 0.25) is 5.02 Å². The second kappa shape index (κ2) is 7.44. The van der Waals surface area contributed by atoms with Crippen LogP contribution in [-0.4, -0.2) is 19.3 Å². The number of methoxy groups -OCH3 is 1. The Balaban J connectivity index is 1.80. The zero-order chi connectivity index (χ0) is 21.5. The molecule has 0 unspecified atom stereocenters. The van der Waals surface area contributed by atoms with Crippen molar-refractivity contribution in [3.63, 3.8) is 0 Å². The number of hydrogen-bond donors (Lipinski definition) is 1. The van der Waals surface area contributed by atoms with Gasteiger partial charge in [0.05, 0.1) is 19.3 Å². The van der Waals surface area contributed by atoms with Crippen molar-refractivity contribution in [3.05, 3.63) is 58.6 Å². The molecule has 1 N–H and O–H groups in total. The third-order valence-corrected chi connectivity index (χ3v) is 5.39. The van der Waals surface area contributed by atoms with E-state index in [9.17, 15) is 18.0 Å². The number of fused-ring (bicyclic) bond motifs is 1. The van der Waals surface area contributed by atoms with Gasteiger partial charge in [0.25, 0.3) is 0 Å². The van der Waals surface area contributed by atoms with Crippen molar-refractivity contribution in [3.8, 4) is 17.6 Å². The zero-order valence-electron chi connectivity index (χ0n) is 16.0. The average molecular weight is 435 g/mol. The number of alkyl halides is 3. The minimum atomic E-state index is -4.82. The van der Waals surface area contributed by atoms with E-state index in [2.05, 4.69) is 17.2 Å². The summed E-state index contributed by atoms with van der Waals surface area (Å²) in [6.07, 6.45) is -3.29. The first-order valence-electron chi connectivity index (χ1n) is 9.35. The van der Waals surface area contributed by atoms with E-state index in [-0.39, 0.29) is 28.7 Å². The van der Waals surface area contributed by atoms with Gasteiger partial charge in [0.15, 0.2) is 0 Å². The summed E-state index contributed by atoms with van der Waals surface area (Å²) in [6.45, 7) is 0.0778. The number of halogens is 4. The van der Waals surface area contributed by atoms with Crippen LogP contribution >= 0.6 is 11.6 Å². The predicted octanol–water partition coefficient (Wildman–Crippen LogP) is 5.25. The zero-order valence-corrected chi connectivity index (χ0v) is 16.8. The first-order chi connectivity index (χ1) is 14.2. The number of carbonyl (C=O) groups excluding carboxylic acids is 1. The van der Waals surface area contributed by atoms with Crippen LogP contribution in [-0.2, 0) is 12.1 Å². The molecule has 0 saturated heterocycles. The molecular weight excluding hydrogens is 417 g/mol. The molecule has 4 rings (SSSR count). The van der Waals surface area contributed by atoms with Crippen LogP contribution in [0.1, 0.15) is 24.0 Å². The first kappa shape index (κ1) is 20.4. The molecule has 30 heavy (non-hydrogen) atoms.